The number of carbonyl (C=O) groups is 1. The summed E-state index contributed by atoms with van der Waals surface area (Å²) in [6.07, 6.45) is 0. The Morgan fingerprint density at radius 2 is 2.15 bits per heavy atom. The number of aromatic carboxylic acids is 1. The first-order valence-electron chi connectivity index (χ1n) is 3.87. The number of aryl methyl sites for hydroxylation is 1. The molecule has 1 aromatic rings. The Kier molecular flexibility index (Phi) is 2.41. The first-order valence-corrected chi connectivity index (χ1v) is 3.87. The summed E-state index contributed by atoms with van der Waals surface area (Å²) in [5.41, 5.74) is 7.59. The van der Waals surface area contributed by atoms with Crippen molar-refractivity contribution in [3.8, 4) is 0 Å². The van der Waals surface area contributed by atoms with Crippen molar-refractivity contribution in [3.05, 3.63) is 23.3 Å². The summed E-state index contributed by atoms with van der Waals surface area (Å²) in [6.45, 7) is 1.78. The second-order valence-corrected chi connectivity index (χ2v) is 2.81. The van der Waals surface area contributed by atoms with Crippen LogP contribution in [0.5, 0.6) is 0 Å². The SMILES string of the molecule is CNc1cc(C)c(N)c(C(=O)O)c1. The molecular formula is C9H12N2O2. The molecule has 0 unspecified atom stereocenters. The quantitative estimate of drug-likeness (QED) is 0.600. The van der Waals surface area contributed by atoms with E-state index in [2.05, 4.69) is 5.32 Å². The van der Waals surface area contributed by atoms with Crippen molar-refractivity contribution in [2.45, 2.75) is 6.92 Å². The Hall–Kier alpha value is -1.71. The van der Waals surface area contributed by atoms with Crippen molar-refractivity contribution < 1.29 is 9.90 Å². The van der Waals surface area contributed by atoms with Gasteiger partial charge in [0.15, 0.2) is 0 Å². The average Bonchev–Trinajstić information content (AvgIpc) is 2.09. The topological polar surface area (TPSA) is 75.3 Å². The number of rotatable bonds is 2. The van der Waals surface area contributed by atoms with Crippen molar-refractivity contribution in [2.75, 3.05) is 18.1 Å². The lowest BCUT2D eigenvalue weighted by Crippen LogP contribution is -2.05. The van der Waals surface area contributed by atoms with Crippen molar-refractivity contribution in [2.24, 2.45) is 0 Å². The van der Waals surface area contributed by atoms with Crippen LogP contribution in [0.3, 0.4) is 0 Å². The fourth-order valence-corrected chi connectivity index (χ4v) is 1.12. The van der Waals surface area contributed by atoms with Crippen LogP contribution < -0.4 is 11.1 Å². The maximum absolute atomic E-state index is 10.7. The summed E-state index contributed by atoms with van der Waals surface area (Å²) in [6, 6.07) is 3.33. The molecule has 0 spiro atoms. The minimum Gasteiger partial charge on any atom is -0.478 e. The highest BCUT2D eigenvalue weighted by molar-refractivity contribution is 5.95. The second-order valence-electron chi connectivity index (χ2n) is 2.81. The molecule has 0 heterocycles. The number of carboxylic acid groups (broad SMARTS) is 1. The number of nitrogen functional groups attached to an aromatic ring is 1. The van der Waals surface area contributed by atoms with E-state index in [9.17, 15) is 4.79 Å². The Labute approximate surface area is 76.4 Å². The third kappa shape index (κ3) is 1.72. The van der Waals surface area contributed by atoms with E-state index in [0.717, 1.165) is 11.3 Å². The standard InChI is InChI=1S/C9H12N2O2/c1-5-3-6(11-2)4-7(8(5)10)9(12)13/h3-4,11H,10H2,1-2H3,(H,12,13). The fraction of sp³-hybridized carbons (Fsp3) is 0.222. The molecule has 0 radical (unpaired) electrons. The molecule has 0 aliphatic carbocycles. The molecule has 0 saturated heterocycles. The molecule has 0 aliphatic rings. The van der Waals surface area contributed by atoms with Crippen molar-refractivity contribution in [3.63, 3.8) is 0 Å². The van der Waals surface area contributed by atoms with Gasteiger partial charge in [-0.05, 0) is 24.6 Å². The Morgan fingerprint density at radius 3 is 2.62 bits per heavy atom. The van der Waals surface area contributed by atoms with E-state index >= 15 is 0 Å². The molecule has 1 rings (SSSR count). The van der Waals surface area contributed by atoms with E-state index in [1.165, 1.54) is 6.07 Å². The highest BCUT2D eigenvalue weighted by Crippen LogP contribution is 2.22. The van der Waals surface area contributed by atoms with Gasteiger partial charge in [-0.3, -0.25) is 0 Å². The molecule has 4 N–H and O–H groups in total. The van der Waals surface area contributed by atoms with Crippen LogP contribution in [-0.4, -0.2) is 18.1 Å². The number of carboxylic acids is 1. The first kappa shape index (κ1) is 9.38. The summed E-state index contributed by atoms with van der Waals surface area (Å²) in [4.78, 5) is 10.7. The summed E-state index contributed by atoms with van der Waals surface area (Å²) < 4.78 is 0. The summed E-state index contributed by atoms with van der Waals surface area (Å²) >= 11 is 0. The molecule has 0 aliphatic heterocycles. The third-order valence-corrected chi connectivity index (χ3v) is 1.91. The van der Waals surface area contributed by atoms with E-state index in [1.807, 2.05) is 6.07 Å². The number of nitrogens with one attached hydrogen (secondary N) is 1. The minimum absolute atomic E-state index is 0.143. The first-order chi connectivity index (χ1) is 6.06. The summed E-state index contributed by atoms with van der Waals surface area (Å²) in [5.74, 6) is -1.00. The molecule has 0 atom stereocenters. The van der Waals surface area contributed by atoms with Crippen LogP contribution in [-0.2, 0) is 0 Å². The van der Waals surface area contributed by atoms with Gasteiger partial charge in [-0.25, -0.2) is 4.79 Å². The van der Waals surface area contributed by atoms with E-state index < -0.39 is 5.97 Å². The highest BCUT2D eigenvalue weighted by atomic mass is 16.4. The van der Waals surface area contributed by atoms with Gasteiger partial charge in [0.2, 0.25) is 0 Å². The molecule has 0 saturated carbocycles. The van der Waals surface area contributed by atoms with Crippen LogP contribution in [0.25, 0.3) is 0 Å². The molecule has 70 valence electrons. The maximum atomic E-state index is 10.7. The second kappa shape index (κ2) is 3.35. The van der Waals surface area contributed by atoms with Gasteiger partial charge >= 0.3 is 5.97 Å². The molecule has 0 amide bonds. The van der Waals surface area contributed by atoms with E-state index in [4.69, 9.17) is 10.8 Å². The zero-order valence-corrected chi connectivity index (χ0v) is 7.59. The van der Waals surface area contributed by atoms with Gasteiger partial charge < -0.3 is 16.2 Å². The third-order valence-electron chi connectivity index (χ3n) is 1.91. The van der Waals surface area contributed by atoms with Gasteiger partial charge in [-0.15, -0.1) is 0 Å². The molecule has 4 heteroatoms. The van der Waals surface area contributed by atoms with Crippen LogP contribution in [0.4, 0.5) is 11.4 Å². The van der Waals surface area contributed by atoms with Gasteiger partial charge in [0.25, 0.3) is 0 Å². The summed E-state index contributed by atoms with van der Waals surface area (Å²) in [7, 11) is 1.73. The Bertz CT molecular complexity index is 348. The Morgan fingerprint density at radius 1 is 1.54 bits per heavy atom. The number of hydrogen-bond acceptors (Lipinski definition) is 3. The summed E-state index contributed by atoms with van der Waals surface area (Å²) in [5, 5.41) is 11.7. The smallest absolute Gasteiger partial charge is 0.337 e. The van der Waals surface area contributed by atoms with Gasteiger partial charge in [0.05, 0.1) is 5.56 Å². The molecule has 0 aromatic heterocycles. The molecule has 13 heavy (non-hydrogen) atoms. The van der Waals surface area contributed by atoms with Gasteiger partial charge in [0.1, 0.15) is 0 Å². The molecule has 1 aromatic carbocycles. The van der Waals surface area contributed by atoms with Crippen molar-refractivity contribution >= 4 is 17.3 Å². The van der Waals surface area contributed by atoms with Crippen molar-refractivity contribution in [1.82, 2.24) is 0 Å². The zero-order valence-electron chi connectivity index (χ0n) is 7.59. The zero-order chi connectivity index (χ0) is 10.0. The van der Waals surface area contributed by atoms with E-state index in [-0.39, 0.29) is 5.56 Å². The number of anilines is 2. The number of benzene rings is 1. The molecular weight excluding hydrogens is 168 g/mol. The number of hydrogen-bond donors (Lipinski definition) is 3. The lowest BCUT2D eigenvalue weighted by atomic mass is 10.1. The lowest BCUT2D eigenvalue weighted by Gasteiger charge is -2.08. The van der Waals surface area contributed by atoms with Crippen LogP contribution in [0.15, 0.2) is 12.1 Å². The predicted molar refractivity (Wildman–Crippen MR) is 52.1 cm³/mol. The monoisotopic (exact) mass is 180 g/mol. The van der Waals surface area contributed by atoms with Crippen LogP contribution in [0.1, 0.15) is 15.9 Å². The van der Waals surface area contributed by atoms with E-state index in [0.29, 0.717) is 5.69 Å². The molecule has 4 nitrogen and oxygen atoms in total. The largest absolute Gasteiger partial charge is 0.478 e. The normalized spacial score (nSPS) is 9.69. The van der Waals surface area contributed by atoms with Crippen LogP contribution in [0, 0.1) is 6.92 Å². The van der Waals surface area contributed by atoms with Crippen LogP contribution in [0.2, 0.25) is 0 Å². The molecule has 0 bridgehead atoms. The van der Waals surface area contributed by atoms with E-state index in [1.54, 1.807) is 14.0 Å². The Balaban J connectivity index is 3.33. The van der Waals surface area contributed by atoms with Gasteiger partial charge in [-0.1, -0.05) is 0 Å². The van der Waals surface area contributed by atoms with Gasteiger partial charge in [-0.2, -0.15) is 0 Å². The highest BCUT2D eigenvalue weighted by Gasteiger charge is 2.10. The average molecular weight is 180 g/mol. The van der Waals surface area contributed by atoms with Crippen molar-refractivity contribution in [1.29, 1.82) is 0 Å². The minimum atomic E-state index is -1.00. The predicted octanol–water partition coefficient (Wildman–Crippen LogP) is 1.32. The maximum Gasteiger partial charge on any atom is 0.337 e. The van der Waals surface area contributed by atoms with Gasteiger partial charge in [0, 0.05) is 18.4 Å². The molecule has 0 fully saturated rings. The fourth-order valence-electron chi connectivity index (χ4n) is 1.12. The van der Waals surface area contributed by atoms with Crippen LogP contribution >= 0.6 is 0 Å². The lowest BCUT2D eigenvalue weighted by molar-refractivity contribution is 0.0698. The number of nitrogens with two attached hydrogens (primary N) is 1.